The van der Waals surface area contributed by atoms with Gasteiger partial charge in [0.2, 0.25) is 0 Å². The largest absolute Gasteiger partial charge is 0.361 e. The van der Waals surface area contributed by atoms with Crippen molar-refractivity contribution in [3.63, 3.8) is 0 Å². The molecule has 88 valence electrons. The Balaban J connectivity index is 2.29. The van der Waals surface area contributed by atoms with Crippen molar-refractivity contribution in [1.29, 1.82) is 0 Å². The monoisotopic (exact) mass is 250 g/mol. The molecule has 0 N–H and O–H groups in total. The van der Waals surface area contributed by atoms with Crippen LogP contribution in [0.25, 0.3) is 0 Å². The Kier molecular flexibility index (Phi) is 3.15. The molecule has 0 radical (unpaired) electrons. The summed E-state index contributed by atoms with van der Waals surface area (Å²) in [7, 11) is 0. The molecule has 4 nitrogen and oxygen atoms in total. The first-order valence-corrected chi connectivity index (χ1v) is 5.42. The first-order chi connectivity index (χ1) is 8.09. The third-order valence-electron chi connectivity index (χ3n) is 2.35. The molecule has 0 aliphatic rings. The number of halogens is 1. The molecule has 1 aromatic carbocycles. The standard InChI is InChI=1S/C12H11ClN2O2/c1-8-5-3-4-6-11(8)15(13)12(16)10-7-9(2)17-14-10/h3-7H,1-2H3. The summed E-state index contributed by atoms with van der Waals surface area (Å²) in [6, 6.07) is 8.91. The van der Waals surface area contributed by atoms with E-state index in [1.54, 1.807) is 19.1 Å². The number of nitrogens with zero attached hydrogens (tertiary/aromatic N) is 2. The van der Waals surface area contributed by atoms with Crippen LogP contribution in [0.5, 0.6) is 0 Å². The van der Waals surface area contributed by atoms with Crippen LogP contribution in [0.4, 0.5) is 5.69 Å². The normalized spacial score (nSPS) is 10.3. The highest BCUT2D eigenvalue weighted by atomic mass is 35.5. The zero-order valence-electron chi connectivity index (χ0n) is 9.48. The van der Waals surface area contributed by atoms with Crippen LogP contribution in [-0.2, 0) is 0 Å². The molecule has 5 heteroatoms. The van der Waals surface area contributed by atoms with E-state index in [2.05, 4.69) is 5.16 Å². The van der Waals surface area contributed by atoms with Crippen molar-refractivity contribution in [3.8, 4) is 0 Å². The van der Waals surface area contributed by atoms with Gasteiger partial charge < -0.3 is 4.52 Å². The molecule has 17 heavy (non-hydrogen) atoms. The average Bonchev–Trinajstić information content (AvgIpc) is 2.75. The van der Waals surface area contributed by atoms with Gasteiger partial charge in [-0.2, -0.15) is 0 Å². The van der Waals surface area contributed by atoms with Crippen molar-refractivity contribution in [3.05, 3.63) is 47.3 Å². The van der Waals surface area contributed by atoms with Gasteiger partial charge in [0.25, 0.3) is 5.91 Å². The minimum Gasteiger partial charge on any atom is -0.361 e. The van der Waals surface area contributed by atoms with E-state index in [0.29, 0.717) is 11.4 Å². The summed E-state index contributed by atoms with van der Waals surface area (Å²) < 4.78 is 5.89. The maximum atomic E-state index is 12.0. The zero-order chi connectivity index (χ0) is 12.4. The molecule has 0 aliphatic heterocycles. The van der Waals surface area contributed by atoms with Gasteiger partial charge in [-0.05, 0) is 25.5 Å². The number of aromatic nitrogens is 1. The Bertz CT molecular complexity index is 551. The van der Waals surface area contributed by atoms with Gasteiger partial charge in [0.15, 0.2) is 5.69 Å². The van der Waals surface area contributed by atoms with E-state index in [1.165, 1.54) is 0 Å². The Labute approximate surface area is 104 Å². The quantitative estimate of drug-likeness (QED) is 0.770. The zero-order valence-corrected chi connectivity index (χ0v) is 10.2. The van der Waals surface area contributed by atoms with Gasteiger partial charge in [0.05, 0.1) is 5.69 Å². The van der Waals surface area contributed by atoms with E-state index >= 15 is 0 Å². The van der Waals surface area contributed by atoms with Crippen LogP contribution in [0, 0.1) is 13.8 Å². The Hall–Kier alpha value is -1.81. The van der Waals surface area contributed by atoms with Gasteiger partial charge in [-0.15, -0.1) is 0 Å². The molecule has 0 atom stereocenters. The predicted octanol–water partition coefficient (Wildman–Crippen LogP) is 3.09. The molecular formula is C12H11ClN2O2. The van der Waals surface area contributed by atoms with E-state index in [1.807, 2.05) is 25.1 Å². The van der Waals surface area contributed by atoms with Gasteiger partial charge in [0, 0.05) is 17.8 Å². The van der Waals surface area contributed by atoms with Crippen LogP contribution in [0.2, 0.25) is 0 Å². The minimum absolute atomic E-state index is 0.195. The maximum Gasteiger partial charge on any atom is 0.295 e. The summed E-state index contributed by atoms with van der Waals surface area (Å²) in [5, 5.41) is 3.64. The second-order valence-corrected chi connectivity index (χ2v) is 4.03. The first kappa shape index (κ1) is 11.7. The molecule has 2 rings (SSSR count). The van der Waals surface area contributed by atoms with E-state index in [0.717, 1.165) is 9.98 Å². The lowest BCUT2D eigenvalue weighted by Crippen LogP contribution is -2.21. The van der Waals surface area contributed by atoms with Crippen LogP contribution in [0.3, 0.4) is 0 Å². The molecule has 0 fully saturated rings. The number of carbonyl (C=O) groups excluding carboxylic acids is 1. The van der Waals surface area contributed by atoms with Gasteiger partial charge in [-0.3, -0.25) is 4.79 Å². The summed E-state index contributed by atoms with van der Waals surface area (Å²) in [4.78, 5) is 12.0. The molecule has 0 unspecified atom stereocenters. The number of para-hydroxylation sites is 1. The summed E-state index contributed by atoms with van der Waals surface area (Å²) in [5.41, 5.74) is 1.75. The van der Waals surface area contributed by atoms with Crippen LogP contribution in [0.15, 0.2) is 34.9 Å². The predicted molar refractivity (Wildman–Crippen MR) is 65.1 cm³/mol. The molecule has 0 spiro atoms. The fraction of sp³-hybridized carbons (Fsp3) is 0.167. The smallest absolute Gasteiger partial charge is 0.295 e. The molecule has 1 aromatic heterocycles. The van der Waals surface area contributed by atoms with Crippen molar-refractivity contribution in [2.75, 3.05) is 4.42 Å². The first-order valence-electron chi connectivity index (χ1n) is 5.09. The summed E-state index contributed by atoms with van der Waals surface area (Å²) in [5.74, 6) is 0.168. The van der Waals surface area contributed by atoms with Crippen LogP contribution in [-0.4, -0.2) is 11.1 Å². The molecule has 1 amide bonds. The number of hydrogen-bond acceptors (Lipinski definition) is 3. The number of benzene rings is 1. The van der Waals surface area contributed by atoms with E-state index in [-0.39, 0.29) is 5.69 Å². The molecule has 1 heterocycles. The molecule has 0 saturated carbocycles. The topological polar surface area (TPSA) is 46.3 Å². The second-order valence-electron chi connectivity index (χ2n) is 3.70. The average molecular weight is 251 g/mol. The Morgan fingerprint density at radius 1 is 1.35 bits per heavy atom. The van der Waals surface area contributed by atoms with Gasteiger partial charge in [-0.25, -0.2) is 4.42 Å². The second kappa shape index (κ2) is 4.59. The van der Waals surface area contributed by atoms with Gasteiger partial charge >= 0.3 is 0 Å². The lowest BCUT2D eigenvalue weighted by Gasteiger charge is -2.14. The van der Waals surface area contributed by atoms with E-state index in [4.69, 9.17) is 16.3 Å². The highest BCUT2D eigenvalue weighted by Crippen LogP contribution is 2.23. The number of rotatable bonds is 2. The SMILES string of the molecule is Cc1cc(C(=O)N(Cl)c2ccccc2C)no1. The van der Waals surface area contributed by atoms with Crippen molar-refractivity contribution < 1.29 is 9.32 Å². The number of amides is 1. The Morgan fingerprint density at radius 3 is 2.65 bits per heavy atom. The number of anilines is 1. The fourth-order valence-corrected chi connectivity index (χ4v) is 1.74. The van der Waals surface area contributed by atoms with Crippen molar-refractivity contribution in [1.82, 2.24) is 5.16 Å². The molecular weight excluding hydrogens is 240 g/mol. The van der Waals surface area contributed by atoms with Crippen molar-refractivity contribution in [2.24, 2.45) is 0 Å². The fourth-order valence-electron chi connectivity index (χ4n) is 1.46. The lowest BCUT2D eigenvalue weighted by molar-refractivity contribution is 0.0997. The molecule has 0 saturated heterocycles. The van der Waals surface area contributed by atoms with Crippen molar-refractivity contribution in [2.45, 2.75) is 13.8 Å². The number of aryl methyl sites for hydroxylation is 2. The lowest BCUT2D eigenvalue weighted by atomic mass is 10.2. The maximum absolute atomic E-state index is 12.0. The summed E-state index contributed by atoms with van der Waals surface area (Å²) >= 11 is 6.01. The van der Waals surface area contributed by atoms with E-state index in [9.17, 15) is 4.79 Å². The molecule has 0 aliphatic carbocycles. The van der Waals surface area contributed by atoms with Crippen LogP contribution < -0.4 is 4.42 Å². The van der Waals surface area contributed by atoms with Crippen LogP contribution >= 0.6 is 11.8 Å². The third-order valence-corrected chi connectivity index (χ3v) is 2.69. The van der Waals surface area contributed by atoms with Gasteiger partial charge in [-0.1, -0.05) is 23.4 Å². The highest BCUT2D eigenvalue weighted by Gasteiger charge is 2.20. The molecule has 2 aromatic rings. The number of carbonyl (C=O) groups is 1. The van der Waals surface area contributed by atoms with Crippen molar-refractivity contribution >= 4 is 23.4 Å². The molecule has 0 bridgehead atoms. The summed E-state index contributed by atoms with van der Waals surface area (Å²) in [6.07, 6.45) is 0. The van der Waals surface area contributed by atoms with Crippen LogP contribution in [0.1, 0.15) is 21.8 Å². The Morgan fingerprint density at radius 2 is 2.06 bits per heavy atom. The minimum atomic E-state index is -0.405. The van der Waals surface area contributed by atoms with Gasteiger partial charge in [0.1, 0.15) is 5.76 Å². The summed E-state index contributed by atoms with van der Waals surface area (Å²) in [6.45, 7) is 3.60. The highest BCUT2D eigenvalue weighted by molar-refractivity contribution is 6.39. The van der Waals surface area contributed by atoms with E-state index < -0.39 is 5.91 Å². The number of hydrogen-bond donors (Lipinski definition) is 0. The third kappa shape index (κ3) is 2.31.